The number of carbonyl (C=O) groups excluding carboxylic acids is 1. The fourth-order valence-corrected chi connectivity index (χ4v) is 3.10. The van der Waals surface area contributed by atoms with Crippen molar-refractivity contribution in [2.24, 2.45) is 0 Å². The Kier molecular flexibility index (Phi) is 5.25. The summed E-state index contributed by atoms with van der Waals surface area (Å²) in [6.45, 7) is 4.81. The molecule has 3 rings (SSSR count). The van der Waals surface area contributed by atoms with Gasteiger partial charge in [0.15, 0.2) is 0 Å². The molecule has 6 nitrogen and oxygen atoms in total. The van der Waals surface area contributed by atoms with E-state index in [1.165, 1.54) is 0 Å². The molecule has 0 radical (unpaired) electrons. The predicted molar refractivity (Wildman–Crippen MR) is 91.3 cm³/mol. The highest BCUT2D eigenvalue weighted by Crippen LogP contribution is 2.18. The molecule has 1 aliphatic heterocycles. The van der Waals surface area contributed by atoms with Crippen LogP contribution in [0.15, 0.2) is 34.7 Å². The third kappa shape index (κ3) is 4.00. The average molecular weight is 328 g/mol. The second-order valence-corrected chi connectivity index (χ2v) is 6.42. The zero-order valence-corrected chi connectivity index (χ0v) is 14.3. The number of nitrogens with zero attached hydrogens (tertiary/aromatic N) is 4. The lowest BCUT2D eigenvalue weighted by Crippen LogP contribution is -2.52. The summed E-state index contributed by atoms with van der Waals surface area (Å²) >= 11 is 0. The highest BCUT2D eigenvalue weighted by atomic mass is 16.4. The van der Waals surface area contributed by atoms with Crippen molar-refractivity contribution in [2.75, 3.05) is 26.7 Å². The van der Waals surface area contributed by atoms with Gasteiger partial charge >= 0.3 is 0 Å². The Morgan fingerprint density at radius 1 is 1.25 bits per heavy atom. The van der Waals surface area contributed by atoms with Crippen LogP contribution in [0.4, 0.5) is 0 Å². The maximum absolute atomic E-state index is 12.4. The van der Waals surface area contributed by atoms with Crippen molar-refractivity contribution in [3.8, 4) is 11.5 Å². The molecule has 128 valence electrons. The minimum Gasteiger partial charge on any atom is -0.421 e. The van der Waals surface area contributed by atoms with Gasteiger partial charge in [-0.3, -0.25) is 4.79 Å². The molecule has 24 heavy (non-hydrogen) atoms. The van der Waals surface area contributed by atoms with E-state index in [0.717, 1.165) is 31.6 Å². The highest BCUT2D eigenvalue weighted by Gasteiger charge is 2.25. The number of benzene rings is 1. The van der Waals surface area contributed by atoms with Crippen molar-refractivity contribution in [1.29, 1.82) is 0 Å². The number of piperazine rings is 1. The molecule has 6 heteroatoms. The first kappa shape index (κ1) is 16.6. The Bertz CT molecular complexity index is 671. The number of amides is 1. The predicted octanol–water partition coefficient (Wildman–Crippen LogP) is 2.22. The van der Waals surface area contributed by atoms with E-state index in [4.69, 9.17) is 4.42 Å². The summed E-state index contributed by atoms with van der Waals surface area (Å²) in [5.74, 6) is 1.34. The summed E-state index contributed by atoms with van der Waals surface area (Å²) < 4.78 is 5.68. The lowest BCUT2D eigenvalue weighted by Gasteiger charge is -2.38. The van der Waals surface area contributed by atoms with Crippen LogP contribution < -0.4 is 0 Å². The van der Waals surface area contributed by atoms with Crippen LogP contribution >= 0.6 is 0 Å². The summed E-state index contributed by atoms with van der Waals surface area (Å²) in [5.41, 5.74) is 0.915. The van der Waals surface area contributed by atoms with E-state index in [-0.39, 0.29) is 11.9 Å². The number of hydrogen-bond acceptors (Lipinski definition) is 5. The van der Waals surface area contributed by atoms with Gasteiger partial charge in [0.2, 0.25) is 17.7 Å². The van der Waals surface area contributed by atoms with Crippen LogP contribution in [0.2, 0.25) is 0 Å². The number of aryl methyl sites for hydroxylation is 1. The Hall–Kier alpha value is -2.21. The molecule has 2 heterocycles. The molecule has 1 atom stereocenters. The van der Waals surface area contributed by atoms with Gasteiger partial charge in [-0.1, -0.05) is 18.2 Å². The Labute approximate surface area is 142 Å². The van der Waals surface area contributed by atoms with Crippen LogP contribution in [-0.2, 0) is 11.2 Å². The Morgan fingerprint density at radius 3 is 2.79 bits per heavy atom. The first-order valence-electron chi connectivity index (χ1n) is 8.49. The molecule has 1 saturated heterocycles. The highest BCUT2D eigenvalue weighted by molar-refractivity contribution is 5.76. The zero-order chi connectivity index (χ0) is 16.9. The molecule has 1 aromatic carbocycles. The second kappa shape index (κ2) is 7.57. The lowest BCUT2D eigenvalue weighted by atomic mass is 10.1. The molecule has 0 N–H and O–H groups in total. The molecule has 1 aromatic heterocycles. The Balaban J connectivity index is 1.48. The number of rotatable bonds is 5. The fourth-order valence-electron chi connectivity index (χ4n) is 3.10. The summed E-state index contributed by atoms with van der Waals surface area (Å²) in [5, 5.41) is 8.16. The fraction of sp³-hybridized carbons (Fsp3) is 0.500. The summed E-state index contributed by atoms with van der Waals surface area (Å²) in [6.07, 6.45) is 1.89. The van der Waals surface area contributed by atoms with Crippen LogP contribution in [-0.4, -0.2) is 58.6 Å². The molecule has 2 aromatic rings. The standard InChI is InChI=1S/C18H24N4O2/c1-14-13-21(2)11-12-22(14)17(23)10-6-9-16-19-20-18(24-16)15-7-4-3-5-8-15/h3-5,7-8,14H,6,9-13H2,1-2H3/t14-/m1/s1. The van der Waals surface area contributed by atoms with Crippen molar-refractivity contribution >= 4 is 5.91 Å². The minimum absolute atomic E-state index is 0.221. The smallest absolute Gasteiger partial charge is 0.247 e. The quantitative estimate of drug-likeness (QED) is 0.842. The molecule has 0 unspecified atom stereocenters. The Morgan fingerprint density at radius 2 is 2.04 bits per heavy atom. The SMILES string of the molecule is C[C@@H]1CN(C)CCN1C(=O)CCCc1nnc(-c2ccccc2)o1. The van der Waals surface area contributed by atoms with E-state index >= 15 is 0 Å². The van der Waals surface area contributed by atoms with Gasteiger partial charge < -0.3 is 14.2 Å². The van der Waals surface area contributed by atoms with Gasteiger partial charge in [0.05, 0.1) is 0 Å². The molecule has 0 spiro atoms. The van der Waals surface area contributed by atoms with Crippen molar-refractivity contribution in [2.45, 2.75) is 32.2 Å². The van der Waals surface area contributed by atoms with Crippen LogP contribution in [0.3, 0.4) is 0 Å². The first-order valence-corrected chi connectivity index (χ1v) is 8.49. The van der Waals surface area contributed by atoms with Gasteiger partial charge in [-0.2, -0.15) is 0 Å². The summed E-state index contributed by atoms with van der Waals surface area (Å²) in [4.78, 5) is 16.6. The van der Waals surface area contributed by atoms with Crippen LogP contribution in [0.1, 0.15) is 25.7 Å². The van der Waals surface area contributed by atoms with Crippen molar-refractivity contribution in [3.63, 3.8) is 0 Å². The normalized spacial score (nSPS) is 18.8. The topological polar surface area (TPSA) is 62.5 Å². The second-order valence-electron chi connectivity index (χ2n) is 6.42. The molecule has 0 aliphatic carbocycles. The third-order valence-electron chi connectivity index (χ3n) is 4.42. The molecule has 1 aliphatic rings. The monoisotopic (exact) mass is 328 g/mol. The molecular formula is C18H24N4O2. The van der Waals surface area contributed by atoms with E-state index in [9.17, 15) is 4.79 Å². The van der Waals surface area contributed by atoms with Gasteiger partial charge in [-0.15, -0.1) is 10.2 Å². The number of hydrogen-bond donors (Lipinski definition) is 0. The van der Waals surface area contributed by atoms with Crippen LogP contribution in [0, 0.1) is 0 Å². The van der Waals surface area contributed by atoms with Gasteiger partial charge in [-0.25, -0.2) is 0 Å². The van der Waals surface area contributed by atoms with Gasteiger partial charge in [0.25, 0.3) is 0 Å². The maximum atomic E-state index is 12.4. The van der Waals surface area contributed by atoms with E-state index in [1.807, 2.05) is 35.2 Å². The average Bonchev–Trinajstić information content (AvgIpc) is 3.04. The van der Waals surface area contributed by atoms with Gasteiger partial charge in [0.1, 0.15) is 0 Å². The molecule has 0 bridgehead atoms. The zero-order valence-electron chi connectivity index (χ0n) is 14.3. The van der Waals surface area contributed by atoms with Crippen molar-refractivity contribution < 1.29 is 9.21 Å². The minimum atomic E-state index is 0.221. The first-order chi connectivity index (χ1) is 11.6. The van der Waals surface area contributed by atoms with Gasteiger partial charge in [0, 0.05) is 44.1 Å². The van der Waals surface area contributed by atoms with E-state index in [0.29, 0.717) is 24.6 Å². The third-order valence-corrected chi connectivity index (χ3v) is 4.42. The molecular weight excluding hydrogens is 304 g/mol. The van der Waals surface area contributed by atoms with Gasteiger partial charge in [-0.05, 0) is 32.5 Å². The maximum Gasteiger partial charge on any atom is 0.247 e. The van der Waals surface area contributed by atoms with Crippen molar-refractivity contribution in [3.05, 3.63) is 36.2 Å². The molecule has 1 fully saturated rings. The van der Waals surface area contributed by atoms with Crippen LogP contribution in [0.5, 0.6) is 0 Å². The largest absolute Gasteiger partial charge is 0.421 e. The van der Waals surface area contributed by atoms with E-state index in [1.54, 1.807) is 0 Å². The number of likely N-dealkylation sites (N-methyl/N-ethyl adjacent to an activating group) is 1. The molecule has 0 saturated carbocycles. The number of carbonyl (C=O) groups is 1. The van der Waals surface area contributed by atoms with E-state index in [2.05, 4.69) is 29.1 Å². The number of aromatic nitrogens is 2. The molecule has 1 amide bonds. The summed E-state index contributed by atoms with van der Waals surface area (Å²) in [6, 6.07) is 9.99. The lowest BCUT2D eigenvalue weighted by molar-refractivity contribution is -0.135. The van der Waals surface area contributed by atoms with E-state index < -0.39 is 0 Å². The summed E-state index contributed by atoms with van der Waals surface area (Å²) in [7, 11) is 2.10. The van der Waals surface area contributed by atoms with Crippen molar-refractivity contribution in [1.82, 2.24) is 20.0 Å². The van der Waals surface area contributed by atoms with Crippen LogP contribution in [0.25, 0.3) is 11.5 Å².